The first kappa shape index (κ1) is 17.0. The van der Waals surface area contributed by atoms with Crippen molar-refractivity contribution in [2.24, 2.45) is 0 Å². The Hall–Kier alpha value is 0.845. The van der Waals surface area contributed by atoms with Crippen LogP contribution in [0.3, 0.4) is 0 Å². The van der Waals surface area contributed by atoms with E-state index in [0.29, 0.717) is 0 Å². The third-order valence-electron chi connectivity index (χ3n) is 0. The Kier molecular flexibility index (Phi) is 71.3. The van der Waals surface area contributed by atoms with Crippen molar-refractivity contribution in [1.82, 2.24) is 0 Å². The molecule has 0 aliphatic heterocycles. The first-order valence-electron chi connectivity index (χ1n) is 0.516. The maximum absolute atomic E-state index is 7.00. The van der Waals surface area contributed by atoms with E-state index in [1.807, 2.05) is 0 Å². The lowest BCUT2D eigenvalue weighted by atomic mass is 10.5. The van der Waals surface area contributed by atoms with Gasteiger partial charge in [0.05, 0.1) is 0 Å². The van der Waals surface area contributed by atoms with Crippen LogP contribution in [-0.4, -0.2) is 17.7 Å². The molecule has 0 aliphatic rings. The quantitative estimate of drug-likeness (QED) is 0.300. The zero-order valence-corrected chi connectivity index (χ0v) is 5.71. The Morgan fingerprint density at radius 3 is 1.00 bits per heavy atom. The van der Waals surface area contributed by atoms with Crippen molar-refractivity contribution in [3.05, 3.63) is 0 Å². The summed E-state index contributed by atoms with van der Waals surface area (Å²) in [6.45, 7) is 0. The highest BCUT2D eigenvalue weighted by Crippen LogP contribution is 1.08. The van der Waals surface area contributed by atoms with Crippen LogP contribution in [0.2, 0.25) is 0 Å². The molecule has 5 heteroatoms. The standard InChI is InChI=1S/BH2O2.2H3P/c2-1-3;;/h2-3H;2*1H3. The lowest BCUT2D eigenvalue weighted by Gasteiger charge is -1.46. The maximum atomic E-state index is 7.00. The van der Waals surface area contributed by atoms with Gasteiger partial charge in [0.1, 0.15) is 0 Å². The summed E-state index contributed by atoms with van der Waals surface area (Å²) >= 11 is 0. The van der Waals surface area contributed by atoms with E-state index >= 15 is 0 Å². The molecule has 0 amide bonds. The second-order valence-electron chi connectivity index (χ2n) is 0.115. The van der Waals surface area contributed by atoms with Gasteiger partial charge in [-0.3, -0.25) is 0 Å². The molecule has 0 aliphatic carbocycles. The van der Waals surface area contributed by atoms with Gasteiger partial charge in [0.2, 0.25) is 0 Å². The molecule has 1 radical (unpaired) electrons. The van der Waals surface area contributed by atoms with Gasteiger partial charge in [-0.15, -0.1) is 0 Å². The number of hydrogen-bond donors (Lipinski definition) is 2. The van der Waals surface area contributed by atoms with Crippen LogP contribution in [0.5, 0.6) is 0 Å². The second kappa shape index (κ2) is 21.0. The molecular formula is H8BO2P2. The highest BCUT2D eigenvalue weighted by atomic mass is 31.0. The predicted molar refractivity (Wildman–Crippen MR) is 32.4 cm³/mol. The van der Waals surface area contributed by atoms with E-state index < -0.39 is 0 Å². The summed E-state index contributed by atoms with van der Waals surface area (Å²) in [5.74, 6) is 0. The molecule has 0 saturated carbocycles. The molecule has 0 aromatic carbocycles. The molecule has 2 unspecified atom stereocenters. The van der Waals surface area contributed by atoms with Gasteiger partial charge in [-0.05, 0) is 0 Å². The van der Waals surface area contributed by atoms with Crippen LogP contribution < -0.4 is 0 Å². The third kappa shape index (κ3) is 54.9. The van der Waals surface area contributed by atoms with Gasteiger partial charge in [-0.1, -0.05) is 0 Å². The van der Waals surface area contributed by atoms with Crippen molar-refractivity contribution >= 4 is 27.5 Å². The summed E-state index contributed by atoms with van der Waals surface area (Å²) < 4.78 is 0. The minimum absolute atomic E-state index is 0. The Bertz CT molecular complexity index is 7.61. The smallest absolute Gasteiger partial charge is 0.429 e. The highest BCUT2D eigenvalue weighted by Gasteiger charge is 1.51. The van der Waals surface area contributed by atoms with E-state index in [4.69, 9.17) is 10.0 Å². The zero-order valence-electron chi connectivity index (χ0n) is 2.89. The van der Waals surface area contributed by atoms with E-state index in [1.165, 1.54) is 0 Å². The van der Waals surface area contributed by atoms with Gasteiger partial charge in [0, 0.05) is 0 Å². The number of hydrogen-bond acceptors (Lipinski definition) is 2. The topological polar surface area (TPSA) is 40.5 Å². The Balaban J connectivity index is -0.0000000200. The Morgan fingerprint density at radius 2 is 1.00 bits per heavy atom. The summed E-state index contributed by atoms with van der Waals surface area (Å²) in [4.78, 5) is 0. The van der Waals surface area contributed by atoms with Crippen molar-refractivity contribution in [1.29, 1.82) is 0 Å². The fourth-order valence-electron chi connectivity index (χ4n) is 0. The Morgan fingerprint density at radius 1 is 1.00 bits per heavy atom. The monoisotopic (exact) mass is 113 g/mol. The molecule has 0 rings (SSSR count). The fourth-order valence-corrected chi connectivity index (χ4v) is 0. The van der Waals surface area contributed by atoms with E-state index in [2.05, 4.69) is 0 Å². The van der Waals surface area contributed by atoms with Crippen LogP contribution in [-0.2, 0) is 0 Å². The molecule has 0 aromatic rings. The normalized spacial score (nSPS) is 2.80. The molecule has 2 N–H and O–H groups in total. The minimum Gasteiger partial charge on any atom is -0.429 e. The SMILES string of the molecule is O[B]O.P.P. The summed E-state index contributed by atoms with van der Waals surface area (Å²) in [7, 11) is 0. The molecule has 0 aromatic heterocycles. The maximum Gasteiger partial charge on any atom is 0.482 e. The molecule has 33 valence electrons. The van der Waals surface area contributed by atoms with Crippen LogP contribution in [0.1, 0.15) is 0 Å². The first-order valence-corrected chi connectivity index (χ1v) is 0.516. The van der Waals surface area contributed by atoms with Crippen molar-refractivity contribution in [2.75, 3.05) is 0 Å². The van der Waals surface area contributed by atoms with Gasteiger partial charge in [0.25, 0.3) is 0 Å². The lowest BCUT2D eigenvalue weighted by molar-refractivity contribution is 0.448. The molecular weight excluding hydrogens is 105 g/mol. The second-order valence-corrected chi connectivity index (χ2v) is 0.115. The number of rotatable bonds is 0. The molecule has 0 bridgehead atoms. The van der Waals surface area contributed by atoms with Gasteiger partial charge >= 0.3 is 7.69 Å². The fraction of sp³-hybridized carbons (Fsp3) is 0. The zero-order chi connectivity index (χ0) is 2.71. The Labute approximate surface area is 38.5 Å². The molecule has 0 fully saturated rings. The van der Waals surface area contributed by atoms with Crippen molar-refractivity contribution in [3.63, 3.8) is 0 Å². The van der Waals surface area contributed by atoms with Crippen LogP contribution >= 0.6 is 19.8 Å². The van der Waals surface area contributed by atoms with E-state index in [9.17, 15) is 0 Å². The predicted octanol–water partition coefficient (Wildman–Crippen LogP) is -1.38. The summed E-state index contributed by atoms with van der Waals surface area (Å²) in [5.41, 5.74) is 0. The van der Waals surface area contributed by atoms with E-state index in [-0.39, 0.29) is 27.5 Å². The van der Waals surface area contributed by atoms with Gasteiger partial charge in [-0.2, -0.15) is 19.8 Å². The van der Waals surface area contributed by atoms with Crippen LogP contribution in [0.15, 0.2) is 0 Å². The van der Waals surface area contributed by atoms with Crippen LogP contribution in [0, 0.1) is 0 Å². The molecule has 0 spiro atoms. The van der Waals surface area contributed by atoms with E-state index in [0.717, 1.165) is 0 Å². The summed E-state index contributed by atoms with van der Waals surface area (Å²) in [6.07, 6.45) is 0. The first-order chi connectivity index (χ1) is 1.41. The summed E-state index contributed by atoms with van der Waals surface area (Å²) in [6, 6.07) is 0. The van der Waals surface area contributed by atoms with Gasteiger partial charge in [-0.25, -0.2) is 0 Å². The molecule has 5 heavy (non-hydrogen) atoms. The van der Waals surface area contributed by atoms with Gasteiger partial charge in [0.15, 0.2) is 0 Å². The summed E-state index contributed by atoms with van der Waals surface area (Å²) in [5, 5.41) is 14.0. The lowest BCUT2D eigenvalue weighted by Crippen LogP contribution is -1.75. The van der Waals surface area contributed by atoms with Crippen LogP contribution in [0.25, 0.3) is 0 Å². The minimum atomic E-state index is 0. The van der Waals surface area contributed by atoms with Gasteiger partial charge < -0.3 is 10.0 Å². The van der Waals surface area contributed by atoms with Crippen LogP contribution in [0.4, 0.5) is 0 Å². The molecule has 0 heterocycles. The average molecular weight is 113 g/mol. The van der Waals surface area contributed by atoms with Crippen molar-refractivity contribution < 1.29 is 10.0 Å². The van der Waals surface area contributed by atoms with Crippen molar-refractivity contribution in [2.45, 2.75) is 0 Å². The third-order valence-corrected chi connectivity index (χ3v) is 0. The average Bonchev–Trinajstić information content (AvgIpc) is 0.918. The van der Waals surface area contributed by atoms with Crippen molar-refractivity contribution in [3.8, 4) is 0 Å². The molecule has 2 atom stereocenters. The highest BCUT2D eigenvalue weighted by molar-refractivity contribution is 6.92. The molecule has 2 nitrogen and oxygen atoms in total. The van der Waals surface area contributed by atoms with E-state index in [1.54, 1.807) is 0 Å². The largest absolute Gasteiger partial charge is 0.482 e. The molecule has 0 saturated heterocycles.